The number of nitrogens with zero attached hydrogens (tertiary/aromatic N) is 1. The highest BCUT2D eigenvalue weighted by atomic mass is 79.9. The summed E-state index contributed by atoms with van der Waals surface area (Å²) < 4.78 is 6.66. The summed E-state index contributed by atoms with van der Waals surface area (Å²) in [5.41, 5.74) is 1.76. The molecule has 1 N–H and O–H groups in total. The standard InChI is InChI=1S/C12H15BrN2O/c1-8(2)14-6-5-12-15-10-7-9(13)3-4-11(10)16-12/h3-4,7-8,14H,5-6H2,1-2H3. The quantitative estimate of drug-likeness (QED) is 0.936. The van der Waals surface area contributed by atoms with Crippen LogP contribution in [0.25, 0.3) is 11.1 Å². The molecule has 16 heavy (non-hydrogen) atoms. The van der Waals surface area contributed by atoms with Crippen molar-refractivity contribution >= 4 is 27.0 Å². The molecule has 0 atom stereocenters. The summed E-state index contributed by atoms with van der Waals surface area (Å²) in [6, 6.07) is 6.37. The van der Waals surface area contributed by atoms with E-state index >= 15 is 0 Å². The van der Waals surface area contributed by atoms with Crippen LogP contribution in [-0.4, -0.2) is 17.6 Å². The van der Waals surface area contributed by atoms with E-state index in [9.17, 15) is 0 Å². The van der Waals surface area contributed by atoms with Crippen molar-refractivity contribution in [3.8, 4) is 0 Å². The molecular weight excluding hydrogens is 268 g/mol. The third kappa shape index (κ3) is 2.83. The minimum atomic E-state index is 0.499. The number of nitrogens with one attached hydrogen (secondary N) is 1. The molecule has 3 nitrogen and oxygen atoms in total. The zero-order valence-electron chi connectivity index (χ0n) is 9.46. The van der Waals surface area contributed by atoms with Gasteiger partial charge in [-0.2, -0.15) is 0 Å². The summed E-state index contributed by atoms with van der Waals surface area (Å²) in [7, 11) is 0. The Bertz CT molecular complexity index is 479. The van der Waals surface area contributed by atoms with E-state index in [0.29, 0.717) is 6.04 Å². The van der Waals surface area contributed by atoms with E-state index in [2.05, 4.69) is 40.1 Å². The Morgan fingerprint density at radius 3 is 3.00 bits per heavy atom. The molecule has 0 bridgehead atoms. The summed E-state index contributed by atoms with van der Waals surface area (Å²) >= 11 is 3.42. The first-order valence-electron chi connectivity index (χ1n) is 5.43. The van der Waals surface area contributed by atoms with Gasteiger partial charge in [0, 0.05) is 23.5 Å². The predicted molar refractivity (Wildman–Crippen MR) is 68.6 cm³/mol. The average molecular weight is 283 g/mol. The Morgan fingerprint density at radius 2 is 2.25 bits per heavy atom. The van der Waals surface area contributed by atoms with Crippen molar-refractivity contribution in [2.24, 2.45) is 0 Å². The molecule has 0 unspecified atom stereocenters. The lowest BCUT2D eigenvalue weighted by Crippen LogP contribution is -2.24. The van der Waals surface area contributed by atoms with Crippen LogP contribution in [0.2, 0.25) is 0 Å². The van der Waals surface area contributed by atoms with Gasteiger partial charge < -0.3 is 9.73 Å². The van der Waals surface area contributed by atoms with Crippen molar-refractivity contribution in [2.45, 2.75) is 26.3 Å². The van der Waals surface area contributed by atoms with Gasteiger partial charge in [-0.25, -0.2) is 4.98 Å². The van der Waals surface area contributed by atoms with Gasteiger partial charge in [-0.1, -0.05) is 29.8 Å². The third-order valence-corrected chi connectivity index (χ3v) is 2.78. The SMILES string of the molecule is CC(C)NCCc1nc2cc(Br)ccc2o1. The third-order valence-electron chi connectivity index (χ3n) is 2.29. The molecule has 0 amide bonds. The fraction of sp³-hybridized carbons (Fsp3) is 0.417. The normalized spacial score (nSPS) is 11.5. The summed E-state index contributed by atoms with van der Waals surface area (Å²) in [5.74, 6) is 0.793. The Labute approximate surface area is 103 Å². The van der Waals surface area contributed by atoms with Crippen LogP contribution in [0.1, 0.15) is 19.7 Å². The van der Waals surface area contributed by atoms with E-state index in [1.165, 1.54) is 0 Å². The van der Waals surface area contributed by atoms with Crippen molar-refractivity contribution in [2.75, 3.05) is 6.54 Å². The summed E-state index contributed by atoms with van der Waals surface area (Å²) in [6.45, 7) is 5.15. The molecule has 0 radical (unpaired) electrons. The van der Waals surface area contributed by atoms with Crippen molar-refractivity contribution < 1.29 is 4.42 Å². The number of aromatic nitrogens is 1. The first-order chi connectivity index (χ1) is 7.65. The molecule has 0 aliphatic rings. The van der Waals surface area contributed by atoms with Gasteiger partial charge in [0.15, 0.2) is 11.5 Å². The number of halogens is 1. The minimum absolute atomic E-state index is 0.499. The van der Waals surface area contributed by atoms with E-state index in [-0.39, 0.29) is 0 Å². The molecule has 1 aromatic carbocycles. The van der Waals surface area contributed by atoms with Gasteiger partial charge in [-0.3, -0.25) is 0 Å². The van der Waals surface area contributed by atoms with Gasteiger partial charge >= 0.3 is 0 Å². The van der Waals surface area contributed by atoms with Crippen LogP contribution in [0.4, 0.5) is 0 Å². The summed E-state index contributed by atoms with van der Waals surface area (Å²) in [4.78, 5) is 4.43. The largest absolute Gasteiger partial charge is 0.441 e. The number of rotatable bonds is 4. The molecule has 4 heteroatoms. The van der Waals surface area contributed by atoms with E-state index in [4.69, 9.17) is 4.42 Å². The van der Waals surface area contributed by atoms with Crippen molar-refractivity contribution in [1.82, 2.24) is 10.3 Å². The van der Waals surface area contributed by atoms with E-state index in [1.54, 1.807) is 0 Å². The van der Waals surface area contributed by atoms with Crippen LogP contribution < -0.4 is 5.32 Å². The molecule has 0 saturated heterocycles. The number of fused-ring (bicyclic) bond motifs is 1. The van der Waals surface area contributed by atoms with E-state index < -0.39 is 0 Å². The summed E-state index contributed by atoms with van der Waals surface area (Å²) in [6.07, 6.45) is 0.824. The Hall–Kier alpha value is -0.870. The second-order valence-corrected chi connectivity index (χ2v) is 4.99. The molecule has 0 spiro atoms. The fourth-order valence-corrected chi connectivity index (χ4v) is 1.87. The molecule has 0 fully saturated rings. The van der Waals surface area contributed by atoms with Crippen LogP contribution >= 0.6 is 15.9 Å². The summed E-state index contributed by atoms with van der Waals surface area (Å²) in [5, 5.41) is 3.34. The lowest BCUT2D eigenvalue weighted by molar-refractivity contribution is 0.501. The molecule has 0 aliphatic carbocycles. The molecule has 0 aliphatic heterocycles. The zero-order chi connectivity index (χ0) is 11.5. The van der Waals surface area contributed by atoms with Crippen LogP contribution in [0.15, 0.2) is 27.1 Å². The monoisotopic (exact) mass is 282 g/mol. The first kappa shape index (κ1) is 11.6. The zero-order valence-corrected chi connectivity index (χ0v) is 11.0. The van der Waals surface area contributed by atoms with Crippen LogP contribution in [0.5, 0.6) is 0 Å². The van der Waals surface area contributed by atoms with Gasteiger partial charge in [0.2, 0.25) is 0 Å². The molecule has 86 valence electrons. The number of hydrogen-bond donors (Lipinski definition) is 1. The van der Waals surface area contributed by atoms with Crippen molar-refractivity contribution in [3.63, 3.8) is 0 Å². The molecule has 0 saturated carbocycles. The number of benzene rings is 1. The maximum atomic E-state index is 5.63. The van der Waals surface area contributed by atoms with Crippen LogP contribution in [-0.2, 0) is 6.42 Å². The fourth-order valence-electron chi connectivity index (χ4n) is 1.52. The maximum Gasteiger partial charge on any atom is 0.196 e. The van der Waals surface area contributed by atoms with Crippen molar-refractivity contribution in [3.05, 3.63) is 28.6 Å². The van der Waals surface area contributed by atoms with Gasteiger partial charge in [-0.15, -0.1) is 0 Å². The lowest BCUT2D eigenvalue weighted by Gasteiger charge is -2.04. The van der Waals surface area contributed by atoms with Crippen LogP contribution in [0, 0.1) is 0 Å². The van der Waals surface area contributed by atoms with Gasteiger partial charge in [0.25, 0.3) is 0 Å². The second kappa shape index (κ2) is 4.97. The molecule has 2 aromatic rings. The Kier molecular flexibility index (Phi) is 3.61. The predicted octanol–water partition coefficient (Wildman–Crippen LogP) is 3.13. The van der Waals surface area contributed by atoms with Gasteiger partial charge in [0.05, 0.1) is 0 Å². The Balaban J connectivity index is 2.08. The highest BCUT2D eigenvalue weighted by Gasteiger charge is 2.05. The smallest absolute Gasteiger partial charge is 0.196 e. The van der Waals surface area contributed by atoms with Crippen molar-refractivity contribution in [1.29, 1.82) is 0 Å². The highest BCUT2D eigenvalue weighted by molar-refractivity contribution is 9.10. The molecule has 1 aromatic heterocycles. The van der Waals surface area contributed by atoms with Gasteiger partial charge in [-0.05, 0) is 18.2 Å². The number of oxazole rings is 1. The maximum absolute atomic E-state index is 5.63. The Morgan fingerprint density at radius 1 is 1.44 bits per heavy atom. The molecular formula is C12H15BrN2O. The topological polar surface area (TPSA) is 38.1 Å². The molecule has 1 heterocycles. The van der Waals surface area contributed by atoms with Crippen LogP contribution in [0.3, 0.4) is 0 Å². The first-order valence-corrected chi connectivity index (χ1v) is 6.23. The van der Waals surface area contributed by atoms with E-state index in [0.717, 1.165) is 34.4 Å². The minimum Gasteiger partial charge on any atom is -0.441 e. The molecule has 2 rings (SSSR count). The van der Waals surface area contributed by atoms with Gasteiger partial charge in [0.1, 0.15) is 5.52 Å². The highest BCUT2D eigenvalue weighted by Crippen LogP contribution is 2.20. The second-order valence-electron chi connectivity index (χ2n) is 4.08. The lowest BCUT2D eigenvalue weighted by atomic mass is 10.3. The average Bonchev–Trinajstić information content (AvgIpc) is 2.58. The number of hydrogen-bond acceptors (Lipinski definition) is 3. The van der Waals surface area contributed by atoms with E-state index in [1.807, 2.05) is 18.2 Å².